The number of amides is 1. The highest BCUT2D eigenvalue weighted by atomic mass is 32.2. The summed E-state index contributed by atoms with van der Waals surface area (Å²) in [5.41, 5.74) is 0.0280. The van der Waals surface area contributed by atoms with E-state index in [9.17, 15) is 14.9 Å². The normalized spacial score (nSPS) is 10.2. The fraction of sp³-hybridized carbons (Fsp3) is 0.417. The lowest BCUT2D eigenvalue weighted by molar-refractivity contribution is -0.385. The second-order valence-corrected chi connectivity index (χ2v) is 4.50. The smallest absolute Gasteiger partial charge is 0.282 e. The third-order valence-corrected chi connectivity index (χ3v) is 3.41. The molecule has 0 heterocycles. The Bertz CT molecular complexity index is 459. The highest BCUT2D eigenvalue weighted by Crippen LogP contribution is 2.25. The minimum absolute atomic E-state index is 0.135. The maximum Gasteiger partial charge on any atom is 0.282 e. The summed E-state index contributed by atoms with van der Waals surface area (Å²) >= 11 is 1.45. The molecule has 1 amide bonds. The Morgan fingerprint density at radius 2 is 2.00 bits per heavy atom. The molecule has 0 aromatic heterocycles. The van der Waals surface area contributed by atoms with Gasteiger partial charge in [-0.05, 0) is 32.2 Å². The van der Waals surface area contributed by atoms with Crippen LogP contribution in [0.15, 0.2) is 23.1 Å². The molecule has 5 nitrogen and oxygen atoms in total. The lowest BCUT2D eigenvalue weighted by Gasteiger charge is -2.18. The van der Waals surface area contributed by atoms with Crippen LogP contribution in [-0.4, -0.2) is 35.1 Å². The fourth-order valence-electron chi connectivity index (χ4n) is 1.65. The predicted molar refractivity (Wildman–Crippen MR) is 72.1 cm³/mol. The van der Waals surface area contributed by atoms with Gasteiger partial charge in [-0.15, -0.1) is 11.8 Å². The van der Waals surface area contributed by atoms with E-state index in [1.54, 1.807) is 17.0 Å². The van der Waals surface area contributed by atoms with Gasteiger partial charge in [0.05, 0.1) is 4.92 Å². The quantitative estimate of drug-likeness (QED) is 0.468. The standard InChI is InChI=1S/C12H16N2O3S/c1-4-13(5-2)12(15)10-8-9(18-3)6-7-11(10)14(16)17/h6-8H,4-5H2,1-3H3. The molecule has 1 rings (SSSR count). The van der Waals surface area contributed by atoms with Crippen LogP contribution in [0.25, 0.3) is 0 Å². The number of nitrogens with zero attached hydrogens (tertiary/aromatic N) is 2. The van der Waals surface area contributed by atoms with Crippen LogP contribution in [-0.2, 0) is 0 Å². The average molecular weight is 268 g/mol. The van der Waals surface area contributed by atoms with E-state index < -0.39 is 4.92 Å². The predicted octanol–water partition coefficient (Wildman–Crippen LogP) is 2.80. The molecule has 0 spiro atoms. The number of carbonyl (C=O) groups excluding carboxylic acids is 1. The molecule has 0 aliphatic rings. The maximum absolute atomic E-state index is 12.2. The van der Waals surface area contributed by atoms with E-state index in [1.807, 2.05) is 20.1 Å². The molecule has 0 atom stereocenters. The van der Waals surface area contributed by atoms with Crippen molar-refractivity contribution in [1.29, 1.82) is 0 Å². The van der Waals surface area contributed by atoms with Crippen molar-refractivity contribution >= 4 is 23.4 Å². The monoisotopic (exact) mass is 268 g/mol. The summed E-state index contributed by atoms with van der Waals surface area (Å²) < 4.78 is 0. The number of benzene rings is 1. The van der Waals surface area contributed by atoms with Gasteiger partial charge >= 0.3 is 0 Å². The lowest BCUT2D eigenvalue weighted by Crippen LogP contribution is -2.31. The molecule has 0 bridgehead atoms. The van der Waals surface area contributed by atoms with Gasteiger partial charge in [-0.25, -0.2) is 0 Å². The van der Waals surface area contributed by atoms with E-state index >= 15 is 0 Å². The largest absolute Gasteiger partial charge is 0.339 e. The lowest BCUT2D eigenvalue weighted by atomic mass is 10.1. The number of carbonyl (C=O) groups is 1. The molecule has 98 valence electrons. The second kappa shape index (κ2) is 6.39. The first-order valence-electron chi connectivity index (χ1n) is 5.66. The van der Waals surface area contributed by atoms with Crippen LogP contribution in [0.5, 0.6) is 0 Å². The summed E-state index contributed by atoms with van der Waals surface area (Å²) in [6.07, 6.45) is 1.87. The van der Waals surface area contributed by atoms with Gasteiger partial charge in [0.2, 0.25) is 0 Å². The van der Waals surface area contributed by atoms with Crippen molar-refractivity contribution in [2.75, 3.05) is 19.3 Å². The zero-order valence-electron chi connectivity index (χ0n) is 10.7. The third kappa shape index (κ3) is 3.01. The van der Waals surface area contributed by atoms with E-state index in [0.717, 1.165) is 4.90 Å². The number of rotatable bonds is 5. The molecule has 0 saturated heterocycles. The molecule has 18 heavy (non-hydrogen) atoms. The van der Waals surface area contributed by atoms with Gasteiger partial charge in [0, 0.05) is 24.1 Å². The van der Waals surface area contributed by atoms with Crippen LogP contribution in [0.2, 0.25) is 0 Å². The molecule has 6 heteroatoms. The first-order chi connectivity index (χ1) is 8.54. The molecule has 0 saturated carbocycles. The first-order valence-corrected chi connectivity index (χ1v) is 6.89. The van der Waals surface area contributed by atoms with Crippen LogP contribution < -0.4 is 0 Å². The Balaban J connectivity index is 3.26. The number of nitro benzene ring substituents is 1. The Hall–Kier alpha value is -1.56. The van der Waals surface area contributed by atoms with E-state index in [1.165, 1.54) is 17.8 Å². The molecule has 0 aliphatic heterocycles. The Morgan fingerprint density at radius 1 is 1.39 bits per heavy atom. The van der Waals surface area contributed by atoms with Gasteiger partial charge < -0.3 is 4.90 Å². The minimum Gasteiger partial charge on any atom is -0.339 e. The van der Waals surface area contributed by atoms with Gasteiger partial charge in [-0.3, -0.25) is 14.9 Å². The van der Waals surface area contributed by atoms with Crippen molar-refractivity contribution < 1.29 is 9.72 Å². The highest BCUT2D eigenvalue weighted by Gasteiger charge is 2.23. The van der Waals surface area contributed by atoms with E-state index in [-0.39, 0.29) is 17.2 Å². The van der Waals surface area contributed by atoms with E-state index in [4.69, 9.17) is 0 Å². The molecule has 0 N–H and O–H groups in total. The number of thioether (sulfide) groups is 1. The van der Waals surface area contributed by atoms with Crippen molar-refractivity contribution in [2.24, 2.45) is 0 Å². The SMILES string of the molecule is CCN(CC)C(=O)c1cc(SC)ccc1[N+](=O)[O-]. The Kier molecular flexibility index (Phi) is 5.15. The van der Waals surface area contributed by atoms with Crippen LogP contribution in [0, 0.1) is 10.1 Å². The summed E-state index contributed by atoms with van der Waals surface area (Å²) in [5.74, 6) is -0.289. The van der Waals surface area contributed by atoms with Gasteiger partial charge in [0.15, 0.2) is 0 Å². The van der Waals surface area contributed by atoms with Crippen LogP contribution in [0.3, 0.4) is 0 Å². The summed E-state index contributed by atoms with van der Waals surface area (Å²) in [6, 6.07) is 4.63. The number of hydrogen-bond acceptors (Lipinski definition) is 4. The first kappa shape index (κ1) is 14.5. The van der Waals surface area contributed by atoms with Crippen molar-refractivity contribution in [1.82, 2.24) is 4.90 Å². The van der Waals surface area contributed by atoms with Crippen molar-refractivity contribution in [2.45, 2.75) is 18.7 Å². The fourth-order valence-corrected chi connectivity index (χ4v) is 2.09. The van der Waals surface area contributed by atoms with Crippen molar-refractivity contribution in [3.05, 3.63) is 33.9 Å². The minimum atomic E-state index is -0.513. The van der Waals surface area contributed by atoms with Gasteiger partial charge in [0.25, 0.3) is 11.6 Å². The summed E-state index contributed by atoms with van der Waals surface area (Å²) in [7, 11) is 0. The number of hydrogen-bond donors (Lipinski definition) is 0. The summed E-state index contributed by atoms with van der Waals surface area (Å²) in [5, 5.41) is 11.0. The van der Waals surface area contributed by atoms with Gasteiger partial charge in [-0.1, -0.05) is 0 Å². The zero-order valence-corrected chi connectivity index (χ0v) is 11.5. The zero-order chi connectivity index (χ0) is 13.7. The topological polar surface area (TPSA) is 63.5 Å². The molecule has 0 aliphatic carbocycles. The molecule has 0 fully saturated rings. The average Bonchev–Trinajstić information content (AvgIpc) is 2.39. The van der Waals surface area contributed by atoms with Crippen LogP contribution in [0.4, 0.5) is 5.69 Å². The molecule has 0 radical (unpaired) electrons. The number of nitro groups is 1. The van der Waals surface area contributed by atoms with Crippen LogP contribution >= 0.6 is 11.8 Å². The molecule has 1 aromatic rings. The van der Waals surface area contributed by atoms with Gasteiger partial charge in [0.1, 0.15) is 5.56 Å². The summed E-state index contributed by atoms with van der Waals surface area (Å²) in [6.45, 7) is 4.78. The molecule has 1 aromatic carbocycles. The Morgan fingerprint density at radius 3 is 2.44 bits per heavy atom. The Labute approximate surface area is 110 Å². The maximum atomic E-state index is 12.2. The van der Waals surface area contributed by atoms with E-state index in [2.05, 4.69) is 0 Å². The van der Waals surface area contributed by atoms with Gasteiger partial charge in [-0.2, -0.15) is 0 Å². The van der Waals surface area contributed by atoms with Crippen LogP contribution in [0.1, 0.15) is 24.2 Å². The van der Waals surface area contributed by atoms with Crippen molar-refractivity contribution in [3.63, 3.8) is 0 Å². The highest BCUT2D eigenvalue weighted by molar-refractivity contribution is 7.98. The second-order valence-electron chi connectivity index (χ2n) is 3.62. The molecular formula is C12H16N2O3S. The van der Waals surface area contributed by atoms with Crippen molar-refractivity contribution in [3.8, 4) is 0 Å². The molecular weight excluding hydrogens is 252 g/mol. The van der Waals surface area contributed by atoms with E-state index in [0.29, 0.717) is 13.1 Å². The molecule has 0 unspecified atom stereocenters. The summed E-state index contributed by atoms with van der Waals surface area (Å²) in [4.78, 5) is 25.1. The third-order valence-electron chi connectivity index (χ3n) is 2.68.